The lowest BCUT2D eigenvalue weighted by Crippen LogP contribution is -2.56. The molecule has 3 heterocycles. The number of hydrogen-bond donors (Lipinski definition) is 0. The van der Waals surface area contributed by atoms with Gasteiger partial charge in [0.05, 0.1) is 5.52 Å². The van der Waals surface area contributed by atoms with E-state index in [2.05, 4.69) is 56.4 Å². The van der Waals surface area contributed by atoms with Crippen LogP contribution < -0.4 is 4.90 Å². The minimum atomic E-state index is 0.133. The number of benzene rings is 2. The molecule has 1 atom stereocenters. The van der Waals surface area contributed by atoms with Gasteiger partial charge in [-0.1, -0.05) is 42.3 Å². The zero-order valence-electron chi connectivity index (χ0n) is 19.1. The minimum Gasteiger partial charge on any atom is -0.338 e. The highest BCUT2D eigenvalue weighted by Gasteiger charge is 2.35. The predicted molar refractivity (Wildman–Crippen MR) is 129 cm³/mol. The molecule has 1 saturated heterocycles. The molecule has 1 unspecified atom stereocenters. The molecule has 2 aromatic carbocycles. The molecule has 2 fully saturated rings. The Morgan fingerprint density at radius 1 is 1.03 bits per heavy atom. The topological polar surface area (TPSA) is 66.6 Å². The van der Waals surface area contributed by atoms with Gasteiger partial charge in [-0.05, 0) is 44.9 Å². The highest BCUT2D eigenvalue weighted by molar-refractivity contribution is 5.93. The summed E-state index contributed by atoms with van der Waals surface area (Å²) in [6.07, 6.45) is 3.26. The van der Waals surface area contributed by atoms with Crippen LogP contribution in [0, 0.1) is 12.8 Å². The lowest BCUT2D eigenvalue weighted by atomic mass is 9.84. The molecule has 168 valence electrons. The first-order valence-electron chi connectivity index (χ1n) is 11.9. The van der Waals surface area contributed by atoms with Crippen LogP contribution in [0.25, 0.3) is 27.9 Å². The first kappa shape index (κ1) is 20.1. The molecule has 4 aromatic rings. The van der Waals surface area contributed by atoms with Crippen LogP contribution in [0.1, 0.15) is 31.7 Å². The molecule has 2 aromatic heterocycles. The Morgan fingerprint density at radius 3 is 2.64 bits per heavy atom. The summed E-state index contributed by atoms with van der Waals surface area (Å²) in [7, 11) is 0. The average Bonchev–Trinajstić information content (AvgIpc) is 3.23. The van der Waals surface area contributed by atoms with Gasteiger partial charge >= 0.3 is 0 Å². The highest BCUT2D eigenvalue weighted by atomic mass is 16.2. The van der Waals surface area contributed by atoms with Gasteiger partial charge in [-0.15, -0.1) is 10.2 Å². The fourth-order valence-electron chi connectivity index (χ4n) is 5.11. The van der Waals surface area contributed by atoms with Crippen LogP contribution >= 0.6 is 0 Å². The number of nitrogens with zero attached hydrogens (tertiary/aromatic N) is 6. The molecule has 1 aliphatic heterocycles. The van der Waals surface area contributed by atoms with Crippen LogP contribution in [0.2, 0.25) is 0 Å². The predicted octanol–water partition coefficient (Wildman–Crippen LogP) is 4.09. The Hall–Kier alpha value is -3.48. The molecule has 0 radical (unpaired) electrons. The summed E-state index contributed by atoms with van der Waals surface area (Å²) >= 11 is 0. The number of aromatic nitrogens is 4. The summed E-state index contributed by atoms with van der Waals surface area (Å²) in [5, 5.41) is 10.2. The van der Waals surface area contributed by atoms with E-state index in [0.29, 0.717) is 12.5 Å². The maximum Gasteiger partial charge on any atom is 0.226 e. The fraction of sp³-hybridized carbons (Fsp3) is 0.385. The second-order valence-corrected chi connectivity index (χ2v) is 9.44. The Kier molecular flexibility index (Phi) is 4.78. The van der Waals surface area contributed by atoms with Gasteiger partial charge in [0, 0.05) is 42.5 Å². The molecule has 7 nitrogen and oxygen atoms in total. The number of anilines is 1. The molecule has 1 saturated carbocycles. The maximum absolute atomic E-state index is 12.9. The van der Waals surface area contributed by atoms with Crippen molar-refractivity contribution in [2.75, 3.05) is 24.5 Å². The number of fused-ring (bicyclic) bond motifs is 3. The van der Waals surface area contributed by atoms with E-state index in [9.17, 15) is 4.79 Å². The summed E-state index contributed by atoms with van der Waals surface area (Å²) in [4.78, 5) is 22.4. The number of carbonyl (C=O) groups is 1. The van der Waals surface area contributed by atoms with E-state index >= 15 is 0 Å². The summed E-state index contributed by atoms with van der Waals surface area (Å²) in [5.74, 6) is 2.19. The third-order valence-electron chi connectivity index (χ3n) is 7.15. The largest absolute Gasteiger partial charge is 0.338 e. The molecule has 2 aliphatic rings. The Balaban J connectivity index is 1.44. The number of hydrogen-bond acceptors (Lipinski definition) is 5. The van der Waals surface area contributed by atoms with Gasteiger partial charge in [0.15, 0.2) is 11.5 Å². The van der Waals surface area contributed by atoms with Crippen LogP contribution in [0.15, 0.2) is 48.5 Å². The first-order valence-corrected chi connectivity index (χ1v) is 11.9. The molecule has 0 bridgehead atoms. The molecular weight excluding hydrogens is 412 g/mol. The second-order valence-electron chi connectivity index (χ2n) is 9.44. The van der Waals surface area contributed by atoms with Crippen molar-refractivity contribution in [1.29, 1.82) is 0 Å². The summed E-state index contributed by atoms with van der Waals surface area (Å²) < 4.78 is 2.09. The molecule has 1 amide bonds. The maximum atomic E-state index is 12.9. The number of amides is 1. The standard InChI is InChI=1S/C26H28N6O/c1-17-7-5-10-20(15-17)23-28-29-24-21-11-3-4-12-22(21)27-26(32(23)24)30-13-14-31(18(2)16-30)25(33)19-8-6-9-19/h3-5,7,10-12,15,18-19H,6,8-9,13-14,16H2,1-2H3. The van der Waals surface area contributed by atoms with Gasteiger partial charge in [-0.25, -0.2) is 9.38 Å². The van der Waals surface area contributed by atoms with Crippen molar-refractivity contribution in [2.24, 2.45) is 5.92 Å². The number of aryl methyl sites for hydroxylation is 1. The van der Waals surface area contributed by atoms with E-state index in [0.717, 1.165) is 59.8 Å². The van der Waals surface area contributed by atoms with E-state index in [1.54, 1.807) is 0 Å². The molecular formula is C26H28N6O. The van der Waals surface area contributed by atoms with Gasteiger partial charge in [0.25, 0.3) is 0 Å². The number of para-hydroxylation sites is 1. The Morgan fingerprint density at radius 2 is 1.88 bits per heavy atom. The van der Waals surface area contributed by atoms with Crippen molar-refractivity contribution in [1.82, 2.24) is 24.5 Å². The van der Waals surface area contributed by atoms with Crippen LogP contribution in [0.4, 0.5) is 5.95 Å². The van der Waals surface area contributed by atoms with E-state index in [1.165, 1.54) is 12.0 Å². The molecule has 1 aliphatic carbocycles. The Labute approximate surface area is 193 Å². The van der Waals surface area contributed by atoms with Gasteiger partial charge < -0.3 is 9.80 Å². The summed E-state index contributed by atoms with van der Waals surface area (Å²) in [6.45, 7) is 6.43. The third kappa shape index (κ3) is 3.34. The monoisotopic (exact) mass is 440 g/mol. The average molecular weight is 441 g/mol. The van der Waals surface area contributed by atoms with Crippen molar-refractivity contribution < 1.29 is 4.79 Å². The summed E-state index contributed by atoms with van der Waals surface area (Å²) in [5.41, 5.74) is 3.92. The third-order valence-corrected chi connectivity index (χ3v) is 7.15. The lowest BCUT2D eigenvalue weighted by Gasteiger charge is -2.43. The van der Waals surface area contributed by atoms with Crippen molar-refractivity contribution >= 4 is 28.4 Å². The minimum absolute atomic E-state index is 0.133. The normalized spacial score (nSPS) is 19.3. The van der Waals surface area contributed by atoms with Crippen LogP contribution in [-0.4, -0.2) is 56.1 Å². The quantitative estimate of drug-likeness (QED) is 0.480. The smallest absolute Gasteiger partial charge is 0.226 e. The van der Waals surface area contributed by atoms with Crippen LogP contribution in [-0.2, 0) is 4.79 Å². The van der Waals surface area contributed by atoms with E-state index < -0.39 is 0 Å². The Bertz CT molecular complexity index is 1360. The number of carbonyl (C=O) groups excluding carboxylic acids is 1. The van der Waals surface area contributed by atoms with Crippen LogP contribution in [0.3, 0.4) is 0 Å². The molecule has 7 heteroatoms. The van der Waals surface area contributed by atoms with E-state index in [1.807, 2.05) is 30.3 Å². The molecule has 0 spiro atoms. The summed E-state index contributed by atoms with van der Waals surface area (Å²) in [6, 6.07) is 16.6. The van der Waals surface area contributed by atoms with Crippen molar-refractivity contribution in [3.05, 3.63) is 54.1 Å². The van der Waals surface area contributed by atoms with Crippen molar-refractivity contribution in [3.8, 4) is 11.4 Å². The molecule has 0 N–H and O–H groups in total. The SMILES string of the molecule is Cc1cccc(-c2nnc3c4ccccc4nc(N4CCN(C(=O)C5CCC5)C(C)C4)n23)c1. The van der Waals surface area contributed by atoms with E-state index in [4.69, 9.17) is 4.98 Å². The lowest BCUT2D eigenvalue weighted by molar-refractivity contribution is -0.140. The van der Waals surface area contributed by atoms with E-state index in [-0.39, 0.29) is 12.0 Å². The highest BCUT2D eigenvalue weighted by Crippen LogP contribution is 2.32. The van der Waals surface area contributed by atoms with Gasteiger partial charge in [0.2, 0.25) is 11.9 Å². The van der Waals surface area contributed by atoms with Gasteiger partial charge in [-0.3, -0.25) is 4.79 Å². The number of piperazine rings is 1. The van der Waals surface area contributed by atoms with Crippen molar-refractivity contribution in [2.45, 2.75) is 39.2 Å². The van der Waals surface area contributed by atoms with Crippen LogP contribution in [0.5, 0.6) is 0 Å². The second kappa shape index (κ2) is 7.83. The van der Waals surface area contributed by atoms with Crippen molar-refractivity contribution in [3.63, 3.8) is 0 Å². The fourth-order valence-corrected chi connectivity index (χ4v) is 5.11. The van der Waals surface area contributed by atoms with Gasteiger partial charge in [0.1, 0.15) is 0 Å². The number of rotatable bonds is 3. The zero-order valence-corrected chi connectivity index (χ0v) is 19.1. The first-order chi connectivity index (χ1) is 16.1. The van der Waals surface area contributed by atoms with Gasteiger partial charge in [-0.2, -0.15) is 0 Å². The zero-order chi connectivity index (χ0) is 22.5. The molecule has 6 rings (SSSR count). The molecule has 33 heavy (non-hydrogen) atoms.